The van der Waals surface area contributed by atoms with Gasteiger partial charge in [-0.3, -0.25) is 0 Å². The van der Waals surface area contributed by atoms with Crippen LogP contribution in [0.25, 0.3) is 0 Å². The van der Waals surface area contributed by atoms with Crippen molar-refractivity contribution in [2.75, 3.05) is 19.0 Å². The molecule has 0 fully saturated rings. The molecule has 2 nitrogen and oxygen atoms in total. The summed E-state index contributed by atoms with van der Waals surface area (Å²) < 4.78 is 12.6. The van der Waals surface area contributed by atoms with E-state index >= 15 is 0 Å². The van der Waals surface area contributed by atoms with E-state index in [2.05, 4.69) is 59.3 Å². The van der Waals surface area contributed by atoms with E-state index in [1.165, 1.54) is 36.7 Å². The molecule has 0 saturated heterocycles. The molecule has 0 aromatic carbocycles. The molecule has 0 bridgehead atoms. The number of unbranched alkanes of at least 4 members (excludes halogenated alkanes) is 2. The standard InChI is InChI=1S/C19H44O2SSi2/c1-8-13-15-20-23(7,21-16-14-9-2)18-19(6)17-22-24(10-3,11-4)12-5/h19H,8-18H2,1-7H3. The molecule has 1 atom stereocenters. The van der Waals surface area contributed by atoms with Gasteiger partial charge in [0.25, 0.3) is 0 Å². The molecule has 0 aliphatic carbocycles. The van der Waals surface area contributed by atoms with Crippen molar-refractivity contribution in [3.05, 3.63) is 0 Å². The Labute approximate surface area is 158 Å². The molecule has 0 aliphatic heterocycles. The Balaban J connectivity index is 4.57. The van der Waals surface area contributed by atoms with Crippen LogP contribution < -0.4 is 0 Å². The minimum atomic E-state index is -2.01. The Morgan fingerprint density at radius 2 is 1.29 bits per heavy atom. The van der Waals surface area contributed by atoms with Crippen LogP contribution in [-0.4, -0.2) is 34.8 Å². The first-order valence-corrected chi connectivity index (χ1v) is 17.2. The van der Waals surface area contributed by atoms with Crippen molar-refractivity contribution in [1.29, 1.82) is 0 Å². The minimum absolute atomic E-state index is 0.700. The smallest absolute Gasteiger partial charge is 0.335 e. The third-order valence-corrected chi connectivity index (χ3v) is 18.4. The van der Waals surface area contributed by atoms with Crippen LogP contribution in [0.4, 0.5) is 0 Å². The summed E-state index contributed by atoms with van der Waals surface area (Å²) in [5.74, 6) is 1.99. The first kappa shape index (κ1) is 24.7. The molecule has 0 radical (unpaired) electrons. The lowest BCUT2D eigenvalue weighted by atomic mass is 10.3. The SMILES string of the molecule is CCCCO[Si](C)(CC(C)CS[Si](CC)(CC)CC)OCCCC. The van der Waals surface area contributed by atoms with E-state index in [-0.39, 0.29) is 0 Å². The van der Waals surface area contributed by atoms with Crippen LogP contribution >= 0.6 is 11.2 Å². The molecular weight excluding hydrogens is 348 g/mol. The monoisotopic (exact) mass is 392 g/mol. The number of hydrogen-bond acceptors (Lipinski definition) is 3. The van der Waals surface area contributed by atoms with Gasteiger partial charge in [-0.15, -0.1) is 0 Å². The highest BCUT2D eigenvalue weighted by Crippen LogP contribution is 2.35. The van der Waals surface area contributed by atoms with Crippen molar-refractivity contribution in [1.82, 2.24) is 0 Å². The highest BCUT2D eigenvalue weighted by atomic mass is 32.4. The zero-order chi connectivity index (χ0) is 18.5. The summed E-state index contributed by atoms with van der Waals surface area (Å²) >= 11 is 2.32. The number of rotatable bonds is 16. The maximum atomic E-state index is 6.32. The predicted molar refractivity (Wildman–Crippen MR) is 117 cm³/mol. The van der Waals surface area contributed by atoms with Gasteiger partial charge in [0.2, 0.25) is 0 Å². The lowest BCUT2D eigenvalue weighted by Crippen LogP contribution is -2.41. The molecule has 0 aliphatic rings. The molecule has 0 spiro atoms. The van der Waals surface area contributed by atoms with Gasteiger partial charge in [-0.25, -0.2) is 0 Å². The molecule has 146 valence electrons. The predicted octanol–water partition coefficient (Wildman–Crippen LogP) is 7.07. The Morgan fingerprint density at radius 1 is 0.833 bits per heavy atom. The summed E-state index contributed by atoms with van der Waals surface area (Å²) in [5, 5.41) is 0. The van der Waals surface area contributed by atoms with Gasteiger partial charge in [0, 0.05) is 13.2 Å². The van der Waals surface area contributed by atoms with Crippen LogP contribution in [0, 0.1) is 5.92 Å². The van der Waals surface area contributed by atoms with Crippen molar-refractivity contribution in [3.8, 4) is 0 Å². The van der Waals surface area contributed by atoms with E-state index in [1.54, 1.807) is 0 Å². The van der Waals surface area contributed by atoms with Gasteiger partial charge < -0.3 is 8.85 Å². The zero-order valence-corrected chi connectivity index (χ0v) is 20.4. The first-order chi connectivity index (χ1) is 11.4. The lowest BCUT2D eigenvalue weighted by Gasteiger charge is -2.32. The third-order valence-electron chi connectivity index (χ3n) is 5.14. The zero-order valence-electron chi connectivity index (χ0n) is 17.6. The van der Waals surface area contributed by atoms with Gasteiger partial charge >= 0.3 is 8.56 Å². The van der Waals surface area contributed by atoms with Crippen molar-refractivity contribution >= 4 is 27.0 Å². The minimum Gasteiger partial charge on any atom is -0.394 e. The van der Waals surface area contributed by atoms with Crippen LogP contribution in [0.1, 0.15) is 67.2 Å². The summed E-state index contributed by atoms with van der Waals surface area (Å²) in [6.07, 6.45) is 4.70. The molecule has 1 unspecified atom stereocenters. The Bertz CT molecular complexity index is 281. The largest absolute Gasteiger partial charge is 0.394 e. The highest BCUT2D eigenvalue weighted by molar-refractivity contribution is 8.28. The topological polar surface area (TPSA) is 18.5 Å². The van der Waals surface area contributed by atoms with Crippen molar-refractivity contribution in [3.63, 3.8) is 0 Å². The van der Waals surface area contributed by atoms with Crippen LogP contribution in [-0.2, 0) is 8.85 Å². The van der Waals surface area contributed by atoms with E-state index in [4.69, 9.17) is 8.85 Å². The average Bonchev–Trinajstić information content (AvgIpc) is 2.57. The van der Waals surface area contributed by atoms with Crippen LogP contribution in [0.2, 0.25) is 30.7 Å². The second-order valence-electron chi connectivity index (χ2n) is 7.40. The molecular formula is C19H44O2SSi2. The summed E-state index contributed by atoms with van der Waals surface area (Å²) in [6.45, 7) is 18.1. The van der Waals surface area contributed by atoms with Gasteiger partial charge in [-0.2, -0.15) is 11.2 Å². The fraction of sp³-hybridized carbons (Fsp3) is 1.00. The Kier molecular flexibility index (Phi) is 14.3. The normalized spacial score (nSPS) is 14.1. The van der Waals surface area contributed by atoms with Crippen molar-refractivity contribution < 1.29 is 8.85 Å². The molecule has 0 amide bonds. The maximum absolute atomic E-state index is 6.32. The fourth-order valence-corrected chi connectivity index (χ4v) is 12.8. The van der Waals surface area contributed by atoms with Gasteiger partial charge in [0.05, 0.1) is 0 Å². The van der Waals surface area contributed by atoms with Gasteiger partial charge in [0.1, 0.15) is 7.22 Å². The van der Waals surface area contributed by atoms with Crippen LogP contribution in [0.3, 0.4) is 0 Å². The summed E-state index contributed by atoms with van der Waals surface area (Å²) in [7, 11) is -3.08. The number of hydrogen-bond donors (Lipinski definition) is 0. The molecule has 5 heteroatoms. The van der Waals surface area contributed by atoms with Crippen molar-refractivity contribution in [2.45, 2.75) is 97.9 Å². The van der Waals surface area contributed by atoms with Gasteiger partial charge in [0.15, 0.2) is 0 Å². The second kappa shape index (κ2) is 13.8. The summed E-state index contributed by atoms with van der Waals surface area (Å²) in [5.41, 5.74) is 0. The van der Waals surface area contributed by atoms with Gasteiger partial charge in [-0.05, 0) is 37.1 Å². The van der Waals surface area contributed by atoms with E-state index in [0.717, 1.165) is 32.1 Å². The molecule has 0 heterocycles. The van der Waals surface area contributed by atoms with E-state index in [9.17, 15) is 0 Å². The van der Waals surface area contributed by atoms with Crippen LogP contribution in [0.5, 0.6) is 0 Å². The lowest BCUT2D eigenvalue weighted by molar-refractivity contribution is 0.165. The molecule has 0 aromatic rings. The van der Waals surface area contributed by atoms with E-state index in [1.807, 2.05) is 0 Å². The quantitative estimate of drug-likeness (QED) is 0.207. The second-order valence-corrected chi connectivity index (χ2v) is 19.2. The van der Waals surface area contributed by atoms with Crippen LogP contribution in [0.15, 0.2) is 0 Å². The summed E-state index contributed by atoms with van der Waals surface area (Å²) in [6, 6.07) is 5.37. The Morgan fingerprint density at radius 3 is 1.67 bits per heavy atom. The maximum Gasteiger partial charge on any atom is 0.335 e. The Hall–Kier alpha value is 0.704. The molecule has 0 N–H and O–H groups in total. The highest BCUT2D eigenvalue weighted by Gasteiger charge is 2.35. The molecule has 0 rings (SSSR count). The molecule has 0 aromatic heterocycles. The summed E-state index contributed by atoms with van der Waals surface area (Å²) in [4.78, 5) is 0. The molecule has 24 heavy (non-hydrogen) atoms. The van der Waals surface area contributed by atoms with Crippen molar-refractivity contribution in [2.24, 2.45) is 5.92 Å². The fourth-order valence-electron chi connectivity index (χ4n) is 3.09. The first-order valence-electron chi connectivity index (χ1n) is 10.3. The average molecular weight is 393 g/mol. The molecule has 0 saturated carbocycles. The van der Waals surface area contributed by atoms with E-state index in [0.29, 0.717) is 5.92 Å². The van der Waals surface area contributed by atoms with Gasteiger partial charge in [-0.1, -0.05) is 72.5 Å². The third kappa shape index (κ3) is 10.00. The van der Waals surface area contributed by atoms with E-state index < -0.39 is 15.8 Å².